The number of amides is 2. The molecule has 0 saturated carbocycles. The summed E-state index contributed by atoms with van der Waals surface area (Å²) >= 11 is 5.97. The minimum Gasteiger partial charge on any atom is -0.497 e. The van der Waals surface area contributed by atoms with Gasteiger partial charge in [0.2, 0.25) is 11.8 Å². The number of carbonyl (C=O) groups is 2. The van der Waals surface area contributed by atoms with Crippen LogP contribution in [0.5, 0.6) is 5.75 Å². The van der Waals surface area contributed by atoms with Crippen molar-refractivity contribution in [2.75, 3.05) is 7.11 Å². The first-order chi connectivity index (χ1) is 15.9. The Bertz CT molecular complexity index is 1050. The summed E-state index contributed by atoms with van der Waals surface area (Å²) in [6.07, 6.45) is 0. The quantitative estimate of drug-likeness (QED) is 0.461. The molecule has 0 fully saturated rings. The lowest BCUT2D eigenvalue weighted by molar-refractivity contribution is -0.144. The minimum absolute atomic E-state index is 0.0960. The molecule has 1 unspecified atom stereocenters. The third-order valence-electron chi connectivity index (χ3n) is 5.34. The lowest BCUT2D eigenvalue weighted by atomic mass is 10.0. The van der Waals surface area contributed by atoms with Gasteiger partial charge in [0.1, 0.15) is 11.8 Å². The molecular weight excluding hydrogens is 436 g/mol. The fraction of sp³-hybridized carbons (Fsp3) is 0.259. The molecule has 0 saturated heterocycles. The van der Waals surface area contributed by atoms with Gasteiger partial charge in [0.25, 0.3) is 0 Å². The average Bonchev–Trinajstić information content (AvgIpc) is 2.84. The molecule has 33 heavy (non-hydrogen) atoms. The number of rotatable bonds is 9. The Morgan fingerprint density at radius 3 is 2.09 bits per heavy atom. The Morgan fingerprint density at radius 1 is 0.909 bits per heavy atom. The van der Waals surface area contributed by atoms with Crippen LogP contribution >= 0.6 is 11.6 Å². The van der Waals surface area contributed by atoms with Crippen molar-refractivity contribution in [3.05, 3.63) is 101 Å². The van der Waals surface area contributed by atoms with Crippen LogP contribution in [0.25, 0.3) is 0 Å². The SMILES string of the molecule is COc1ccc(CN(C(=O)C(C)C)C(C(=O)NCc2ccc(Cl)cc2)c2ccccc2)cc1. The molecule has 1 N–H and O–H groups in total. The van der Waals surface area contributed by atoms with E-state index < -0.39 is 6.04 Å². The Labute approximate surface area is 200 Å². The van der Waals surface area contributed by atoms with Gasteiger partial charge in [-0.1, -0.05) is 80.0 Å². The van der Waals surface area contributed by atoms with Crippen molar-refractivity contribution in [2.24, 2.45) is 5.92 Å². The highest BCUT2D eigenvalue weighted by Gasteiger charge is 2.32. The smallest absolute Gasteiger partial charge is 0.247 e. The van der Waals surface area contributed by atoms with Gasteiger partial charge in [-0.25, -0.2) is 0 Å². The molecule has 0 aliphatic carbocycles. The summed E-state index contributed by atoms with van der Waals surface area (Å²) in [4.78, 5) is 28.5. The van der Waals surface area contributed by atoms with Crippen LogP contribution in [-0.4, -0.2) is 23.8 Å². The van der Waals surface area contributed by atoms with E-state index in [1.807, 2.05) is 80.6 Å². The Morgan fingerprint density at radius 2 is 1.52 bits per heavy atom. The van der Waals surface area contributed by atoms with Crippen molar-refractivity contribution in [3.63, 3.8) is 0 Å². The Balaban J connectivity index is 1.91. The third kappa shape index (κ3) is 6.59. The topological polar surface area (TPSA) is 58.6 Å². The predicted molar refractivity (Wildman–Crippen MR) is 131 cm³/mol. The maximum absolute atomic E-state index is 13.5. The first-order valence-electron chi connectivity index (χ1n) is 10.9. The fourth-order valence-electron chi connectivity index (χ4n) is 3.55. The van der Waals surface area contributed by atoms with E-state index in [2.05, 4.69) is 5.32 Å². The van der Waals surface area contributed by atoms with Crippen LogP contribution in [-0.2, 0) is 22.7 Å². The zero-order chi connectivity index (χ0) is 23.8. The third-order valence-corrected chi connectivity index (χ3v) is 5.60. The monoisotopic (exact) mass is 464 g/mol. The van der Waals surface area contributed by atoms with Crippen LogP contribution in [0.4, 0.5) is 0 Å². The van der Waals surface area contributed by atoms with E-state index in [4.69, 9.17) is 16.3 Å². The number of halogens is 1. The normalized spacial score (nSPS) is 11.7. The van der Waals surface area contributed by atoms with Crippen molar-refractivity contribution < 1.29 is 14.3 Å². The maximum atomic E-state index is 13.5. The highest BCUT2D eigenvalue weighted by Crippen LogP contribution is 2.26. The first-order valence-corrected chi connectivity index (χ1v) is 11.3. The summed E-state index contributed by atoms with van der Waals surface area (Å²) in [5.74, 6) is 0.138. The van der Waals surface area contributed by atoms with Crippen LogP contribution in [0.15, 0.2) is 78.9 Å². The number of nitrogens with one attached hydrogen (secondary N) is 1. The van der Waals surface area contributed by atoms with Crippen molar-refractivity contribution in [3.8, 4) is 5.75 Å². The van der Waals surface area contributed by atoms with Crippen LogP contribution < -0.4 is 10.1 Å². The number of carbonyl (C=O) groups excluding carboxylic acids is 2. The van der Waals surface area contributed by atoms with E-state index in [1.54, 1.807) is 24.1 Å². The maximum Gasteiger partial charge on any atom is 0.247 e. The van der Waals surface area contributed by atoms with Crippen LogP contribution in [0, 0.1) is 5.92 Å². The average molecular weight is 465 g/mol. The Kier molecular flexibility index (Phi) is 8.50. The van der Waals surface area contributed by atoms with Crippen molar-refractivity contribution >= 4 is 23.4 Å². The number of benzene rings is 3. The number of hydrogen-bond donors (Lipinski definition) is 1. The van der Waals surface area contributed by atoms with Gasteiger partial charge in [-0.15, -0.1) is 0 Å². The van der Waals surface area contributed by atoms with E-state index >= 15 is 0 Å². The predicted octanol–water partition coefficient (Wildman–Crippen LogP) is 5.39. The second kappa shape index (κ2) is 11.5. The fourth-order valence-corrected chi connectivity index (χ4v) is 3.68. The van der Waals surface area contributed by atoms with Gasteiger partial charge in [0, 0.05) is 24.0 Å². The zero-order valence-corrected chi connectivity index (χ0v) is 19.9. The summed E-state index contributed by atoms with van der Waals surface area (Å²) in [5.41, 5.74) is 2.60. The molecule has 172 valence electrons. The van der Waals surface area contributed by atoms with Crippen molar-refractivity contribution in [1.82, 2.24) is 10.2 Å². The summed E-state index contributed by atoms with van der Waals surface area (Å²) in [6, 6.07) is 23.5. The van der Waals surface area contributed by atoms with E-state index in [1.165, 1.54) is 0 Å². The van der Waals surface area contributed by atoms with Crippen molar-refractivity contribution in [2.45, 2.75) is 33.0 Å². The molecule has 1 atom stereocenters. The molecule has 2 amide bonds. The van der Waals surface area contributed by atoms with Crippen LogP contribution in [0.2, 0.25) is 5.02 Å². The molecule has 0 radical (unpaired) electrons. The van der Waals surface area contributed by atoms with Gasteiger partial charge >= 0.3 is 0 Å². The molecule has 0 aliphatic heterocycles. The molecule has 3 aromatic carbocycles. The zero-order valence-electron chi connectivity index (χ0n) is 19.1. The Hall–Kier alpha value is -3.31. The molecule has 0 aliphatic rings. The second-order valence-corrected chi connectivity index (χ2v) is 8.56. The highest BCUT2D eigenvalue weighted by atomic mass is 35.5. The van der Waals surface area contributed by atoms with E-state index in [9.17, 15) is 9.59 Å². The van der Waals surface area contributed by atoms with E-state index in [-0.39, 0.29) is 17.7 Å². The molecule has 3 rings (SSSR count). The van der Waals surface area contributed by atoms with Crippen molar-refractivity contribution in [1.29, 1.82) is 0 Å². The largest absolute Gasteiger partial charge is 0.497 e. The molecular formula is C27H29ClN2O3. The summed E-state index contributed by atoms with van der Waals surface area (Å²) in [6.45, 7) is 4.33. The lowest BCUT2D eigenvalue weighted by Crippen LogP contribution is -2.44. The van der Waals surface area contributed by atoms with E-state index in [0.29, 0.717) is 18.1 Å². The van der Waals surface area contributed by atoms with Gasteiger partial charge in [0.05, 0.1) is 7.11 Å². The van der Waals surface area contributed by atoms with Gasteiger partial charge in [-0.3, -0.25) is 9.59 Å². The lowest BCUT2D eigenvalue weighted by Gasteiger charge is -2.33. The summed E-state index contributed by atoms with van der Waals surface area (Å²) in [7, 11) is 1.61. The van der Waals surface area contributed by atoms with Gasteiger partial charge < -0.3 is 15.0 Å². The first kappa shape index (κ1) is 24.3. The van der Waals surface area contributed by atoms with Gasteiger partial charge in [-0.2, -0.15) is 0 Å². The number of methoxy groups -OCH3 is 1. The van der Waals surface area contributed by atoms with Gasteiger partial charge in [0.15, 0.2) is 0 Å². The molecule has 0 spiro atoms. The summed E-state index contributed by atoms with van der Waals surface area (Å²) in [5, 5.41) is 3.64. The van der Waals surface area contributed by atoms with E-state index in [0.717, 1.165) is 22.4 Å². The molecule has 6 heteroatoms. The molecule has 3 aromatic rings. The minimum atomic E-state index is -0.768. The van der Waals surface area contributed by atoms with Crippen LogP contribution in [0.1, 0.15) is 36.6 Å². The highest BCUT2D eigenvalue weighted by molar-refractivity contribution is 6.30. The summed E-state index contributed by atoms with van der Waals surface area (Å²) < 4.78 is 5.24. The molecule has 5 nitrogen and oxygen atoms in total. The number of nitrogens with zero attached hydrogens (tertiary/aromatic N) is 1. The number of ether oxygens (including phenoxy) is 1. The number of hydrogen-bond acceptors (Lipinski definition) is 3. The second-order valence-electron chi connectivity index (χ2n) is 8.13. The molecule has 0 heterocycles. The van der Waals surface area contributed by atoms with Gasteiger partial charge in [-0.05, 0) is 41.0 Å². The van der Waals surface area contributed by atoms with Crippen LogP contribution in [0.3, 0.4) is 0 Å². The standard InChI is InChI=1S/C27H29ClN2O3/c1-19(2)27(32)30(18-21-11-15-24(33-3)16-12-21)25(22-7-5-4-6-8-22)26(31)29-17-20-9-13-23(28)14-10-20/h4-16,19,25H,17-18H2,1-3H3,(H,29,31). The molecule has 0 bridgehead atoms. The molecule has 0 aromatic heterocycles.